The molecule has 0 bridgehead atoms. The summed E-state index contributed by atoms with van der Waals surface area (Å²) in [5.41, 5.74) is 2.69. The molecule has 0 radical (unpaired) electrons. The average Bonchev–Trinajstić information content (AvgIpc) is 2.57. The SMILES string of the molecule is CC1=C(C(=O)Nc2ccc(F)cc2)[C@H](c2ccccc2)NC(=S)N1. The first-order valence-electron chi connectivity index (χ1n) is 7.45. The van der Waals surface area contributed by atoms with Crippen molar-refractivity contribution in [2.75, 3.05) is 5.32 Å². The molecule has 0 saturated carbocycles. The van der Waals surface area contributed by atoms with E-state index in [2.05, 4.69) is 16.0 Å². The molecule has 3 N–H and O–H groups in total. The van der Waals surface area contributed by atoms with E-state index < -0.39 is 0 Å². The van der Waals surface area contributed by atoms with Gasteiger partial charge >= 0.3 is 0 Å². The van der Waals surface area contributed by atoms with Gasteiger partial charge in [-0.05, 0) is 49.0 Å². The zero-order valence-corrected chi connectivity index (χ0v) is 13.8. The second kappa shape index (κ2) is 6.80. The number of allylic oxidation sites excluding steroid dienone is 1. The Kier molecular flexibility index (Phi) is 4.57. The summed E-state index contributed by atoms with van der Waals surface area (Å²) in [6.45, 7) is 1.81. The fourth-order valence-electron chi connectivity index (χ4n) is 2.62. The van der Waals surface area contributed by atoms with Gasteiger partial charge < -0.3 is 16.0 Å². The predicted molar refractivity (Wildman–Crippen MR) is 95.8 cm³/mol. The lowest BCUT2D eigenvalue weighted by Crippen LogP contribution is -2.45. The number of hydrogen-bond donors (Lipinski definition) is 3. The first-order valence-corrected chi connectivity index (χ1v) is 7.85. The molecule has 1 aliphatic heterocycles. The Balaban J connectivity index is 1.92. The van der Waals surface area contributed by atoms with E-state index in [-0.39, 0.29) is 17.8 Å². The van der Waals surface area contributed by atoms with E-state index in [1.54, 1.807) is 0 Å². The third kappa shape index (κ3) is 3.44. The molecule has 6 heteroatoms. The molecule has 1 heterocycles. The molecule has 3 rings (SSSR count). The first kappa shape index (κ1) is 16.1. The van der Waals surface area contributed by atoms with Gasteiger partial charge in [0, 0.05) is 11.4 Å². The number of hydrogen-bond acceptors (Lipinski definition) is 2. The van der Waals surface area contributed by atoms with Crippen molar-refractivity contribution in [1.82, 2.24) is 10.6 Å². The molecule has 0 saturated heterocycles. The van der Waals surface area contributed by atoms with E-state index in [1.807, 2.05) is 37.3 Å². The zero-order valence-electron chi connectivity index (χ0n) is 13.0. The van der Waals surface area contributed by atoms with Crippen LogP contribution >= 0.6 is 12.2 Å². The van der Waals surface area contributed by atoms with Gasteiger partial charge in [-0.15, -0.1) is 0 Å². The van der Waals surface area contributed by atoms with Gasteiger partial charge in [0.15, 0.2) is 5.11 Å². The van der Waals surface area contributed by atoms with Crippen LogP contribution in [-0.2, 0) is 4.79 Å². The molecule has 0 aliphatic carbocycles. The largest absolute Gasteiger partial charge is 0.351 e. The fourth-order valence-corrected chi connectivity index (χ4v) is 2.89. The number of halogens is 1. The van der Waals surface area contributed by atoms with Gasteiger partial charge in [-0.25, -0.2) is 4.39 Å². The Morgan fingerprint density at radius 1 is 1.12 bits per heavy atom. The quantitative estimate of drug-likeness (QED) is 0.750. The number of benzene rings is 2. The number of amides is 1. The van der Waals surface area contributed by atoms with Crippen molar-refractivity contribution in [3.05, 3.63) is 77.2 Å². The lowest BCUT2D eigenvalue weighted by atomic mass is 9.95. The van der Waals surface area contributed by atoms with E-state index in [0.717, 1.165) is 5.56 Å². The number of thiocarbonyl (C=S) groups is 1. The van der Waals surface area contributed by atoms with Gasteiger partial charge in [-0.3, -0.25) is 4.79 Å². The average molecular weight is 341 g/mol. The van der Waals surface area contributed by atoms with Crippen LogP contribution in [0.4, 0.5) is 10.1 Å². The molecule has 0 spiro atoms. The maximum atomic E-state index is 13.0. The van der Waals surface area contributed by atoms with E-state index in [9.17, 15) is 9.18 Å². The summed E-state index contributed by atoms with van der Waals surface area (Å²) in [5, 5.41) is 9.38. The Morgan fingerprint density at radius 3 is 2.46 bits per heavy atom. The van der Waals surface area contributed by atoms with E-state index in [4.69, 9.17) is 12.2 Å². The van der Waals surface area contributed by atoms with Crippen LogP contribution in [0.25, 0.3) is 0 Å². The molecule has 1 amide bonds. The van der Waals surface area contributed by atoms with Crippen molar-refractivity contribution in [2.45, 2.75) is 13.0 Å². The highest BCUT2D eigenvalue weighted by molar-refractivity contribution is 7.80. The topological polar surface area (TPSA) is 53.2 Å². The minimum absolute atomic E-state index is 0.268. The monoisotopic (exact) mass is 341 g/mol. The molecule has 0 fully saturated rings. The molecule has 1 atom stereocenters. The molecule has 0 unspecified atom stereocenters. The molecule has 24 heavy (non-hydrogen) atoms. The highest BCUT2D eigenvalue weighted by Crippen LogP contribution is 2.27. The smallest absolute Gasteiger partial charge is 0.255 e. The minimum Gasteiger partial charge on any atom is -0.351 e. The van der Waals surface area contributed by atoms with Crippen molar-refractivity contribution in [3.8, 4) is 0 Å². The second-order valence-corrected chi connectivity index (χ2v) is 5.85. The predicted octanol–water partition coefficient (Wildman–Crippen LogP) is 3.26. The molecule has 2 aromatic rings. The molecule has 0 aromatic heterocycles. The van der Waals surface area contributed by atoms with Crippen LogP contribution in [0.1, 0.15) is 18.5 Å². The Morgan fingerprint density at radius 2 is 1.79 bits per heavy atom. The van der Waals surface area contributed by atoms with E-state index >= 15 is 0 Å². The lowest BCUT2D eigenvalue weighted by Gasteiger charge is -2.30. The van der Waals surface area contributed by atoms with E-state index in [0.29, 0.717) is 22.1 Å². The van der Waals surface area contributed by atoms with E-state index in [1.165, 1.54) is 24.3 Å². The van der Waals surface area contributed by atoms with Crippen molar-refractivity contribution in [1.29, 1.82) is 0 Å². The highest BCUT2D eigenvalue weighted by Gasteiger charge is 2.29. The molecule has 2 aromatic carbocycles. The molecular formula is C18H16FN3OS. The summed E-state index contributed by atoms with van der Waals surface area (Å²) in [5.74, 6) is -0.618. The van der Waals surface area contributed by atoms with Gasteiger partial charge in [-0.1, -0.05) is 30.3 Å². The summed E-state index contributed by atoms with van der Waals surface area (Å²) >= 11 is 5.21. The summed E-state index contributed by atoms with van der Waals surface area (Å²) in [4.78, 5) is 12.8. The van der Waals surface area contributed by atoms with Crippen LogP contribution < -0.4 is 16.0 Å². The number of rotatable bonds is 3. The summed E-state index contributed by atoms with van der Waals surface area (Å²) < 4.78 is 13.0. The lowest BCUT2D eigenvalue weighted by molar-refractivity contribution is -0.113. The normalized spacial score (nSPS) is 17.1. The summed E-state index contributed by atoms with van der Waals surface area (Å²) in [6, 6.07) is 14.9. The number of carbonyl (C=O) groups excluding carboxylic acids is 1. The highest BCUT2D eigenvalue weighted by atomic mass is 32.1. The summed E-state index contributed by atoms with van der Waals surface area (Å²) in [6.07, 6.45) is 0. The van der Waals surface area contributed by atoms with Crippen molar-refractivity contribution in [3.63, 3.8) is 0 Å². The third-order valence-corrected chi connectivity index (χ3v) is 3.97. The van der Waals surface area contributed by atoms with Crippen molar-refractivity contribution < 1.29 is 9.18 Å². The Labute approximate surface area is 144 Å². The van der Waals surface area contributed by atoms with Crippen molar-refractivity contribution >= 4 is 28.9 Å². The second-order valence-electron chi connectivity index (χ2n) is 5.44. The Hall–Kier alpha value is -2.73. The zero-order chi connectivity index (χ0) is 17.1. The number of nitrogens with one attached hydrogen (secondary N) is 3. The van der Waals surface area contributed by atoms with Crippen LogP contribution in [0, 0.1) is 5.82 Å². The van der Waals surface area contributed by atoms with Crippen LogP contribution in [0.15, 0.2) is 65.9 Å². The van der Waals surface area contributed by atoms with Gasteiger partial charge in [0.1, 0.15) is 5.82 Å². The molecule has 122 valence electrons. The van der Waals surface area contributed by atoms with Gasteiger partial charge in [0.2, 0.25) is 0 Å². The van der Waals surface area contributed by atoms with Crippen LogP contribution in [0.2, 0.25) is 0 Å². The summed E-state index contributed by atoms with van der Waals surface area (Å²) in [7, 11) is 0. The van der Waals surface area contributed by atoms with Gasteiger partial charge in [0.05, 0.1) is 11.6 Å². The van der Waals surface area contributed by atoms with Crippen LogP contribution in [-0.4, -0.2) is 11.0 Å². The van der Waals surface area contributed by atoms with Crippen molar-refractivity contribution in [2.24, 2.45) is 0 Å². The standard InChI is InChI=1S/C18H16FN3OS/c1-11-15(17(23)21-14-9-7-13(19)8-10-14)16(22-18(24)20-11)12-5-3-2-4-6-12/h2-10,16H,1H3,(H,21,23)(H2,20,22,24)/t16-/m0/s1. The first-order chi connectivity index (χ1) is 11.5. The maximum Gasteiger partial charge on any atom is 0.255 e. The molecule has 1 aliphatic rings. The molecule has 4 nitrogen and oxygen atoms in total. The Bertz CT molecular complexity index is 803. The van der Waals surface area contributed by atoms with Crippen LogP contribution in [0.5, 0.6) is 0 Å². The maximum absolute atomic E-state index is 13.0. The third-order valence-electron chi connectivity index (χ3n) is 3.75. The number of carbonyl (C=O) groups is 1. The minimum atomic E-state index is -0.350. The van der Waals surface area contributed by atoms with Gasteiger partial charge in [-0.2, -0.15) is 0 Å². The number of anilines is 1. The molecular weight excluding hydrogens is 325 g/mol. The fraction of sp³-hybridized carbons (Fsp3) is 0.111. The van der Waals surface area contributed by atoms with Crippen LogP contribution in [0.3, 0.4) is 0 Å². The van der Waals surface area contributed by atoms with Gasteiger partial charge in [0.25, 0.3) is 5.91 Å².